The lowest BCUT2D eigenvalue weighted by atomic mass is 10.2. The van der Waals surface area contributed by atoms with Crippen molar-refractivity contribution in [3.63, 3.8) is 0 Å². The minimum Gasteiger partial charge on any atom is -0.493 e. The zero-order valence-electron chi connectivity index (χ0n) is 13.9. The van der Waals surface area contributed by atoms with Gasteiger partial charge < -0.3 is 19.5 Å². The number of rotatable bonds is 8. The third kappa shape index (κ3) is 5.63. The Morgan fingerprint density at radius 2 is 1.88 bits per heavy atom. The minimum atomic E-state index is -2.92. The molecule has 0 aromatic heterocycles. The molecule has 0 aliphatic rings. The number of aryl methyl sites for hydroxylation is 1. The monoisotopic (exact) mass is 351 g/mol. The molecule has 0 bridgehead atoms. The molecule has 134 valence electrons. The number of alkyl halides is 2. The fraction of sp³-hybridized carbons (Fsp3) is 0.278. The Kier molecular flexibility index (Phi) is 6.56. The molecule has 0 radical (unpaired) electrons. The van der Waals surface area contributed by atoms with Gasteiger partial charge in [-0.1, -0.05) is 24.3 Å². The minimum absolute atomic E-state index is 0.0268. The van der Waals surface area contributed by atoms with Crippen molar-refractivity contribution in [1.29, 1.82) is 0 Å². The number of carbonyl (C=O) groups excluding carboxylic acids is 1. The maximum Gasteiger partial charge on any atom is 0.387 e. The second-order valence-electron chi connectivity index (χ2n) is 5.21. The van der Waals surface area contributed by atoms with Crippen molar-refractivity contribution in [2.45, 2.75) is 20.1 Å². The van der Waals surface area contributed by atoms with Gasteiger partial charge >= 0.3 is 6.61 Å². The third-order valence-electron chi connectivity index (χ3n) is 3.34. The predicted molar refractivity (Wildman–Crippen MR) is 88.1 cm³/mol. The molecule has 1 N–H and O–H groups in total. The molecule has 0 heterocycles. The van der Waals surface area contributed by atoms with E-state index in [-0.39, 0.29) is 18.9 Å². The van der Waals surface area contributed by atoms with Crippen molar-refractivity contribution < 1.29 is 27.8 Å². The largest absolute Gasteiger partial charge is 0.493 e. The first kappa shape index (κ1) is 18.5. The summed E-state index contributed by atoms with van der Waals surface area (Å²) >= 11 is 0. The summed E-state index contributed by atoms with van der Waals surface area (Å²) in [5, 5.41) is 2.60. The Labute approximate surface area is 144 Å². The van der Waals surface area contributed by atoms with Crippen molar-refractivity contribution in [3.8, 4) is 17.2 Å². The van der Waals surface area contributed by atoms with Crippen molar-refractivity contribution in [1.82, 2.24) is 5.32 Å². The molecule has 0 spiro atoms. The van der Waals surface area contributed by atoms with Crippen molar-refractivity contribution in [3.05, 3.63) is 53.6 Å². The lowest BCUT2D eigenvalue weighted by molar-refractivity contribution is -0.123. The number of benzene rings is 2. The Morgan fingerprint density at radius 3 is 2.60 bits per heavy atom. The summed E-state index contributed by atoms with van der Waals surface area (Å²) in [4.78, 5) is 11.9. The van der Waals surface area contributed by atoms with Crippen LogP contribution in [0.5, 0.6) is 17.2 Å². The second kappa shape index (κ2) is 8.86. The molecule has 0 aliphatic heterocycles. The number of para-hydroxylation sites is 1. The Hall–Kier alpha value is -2.83. The Bertz CT molecular complexity index is 722. The molecule has 0 unspecified atom stereocenters. The smallest absolute Gasteiger partial charge is 0.387 e. The van der Waals surface area contributed by atoms with E-state index in [0.29, 0.717) is 17.1 Å². The average molecular weight is 351 g/mol. The summed E-state index contributed by atoms with van der Waals surface area (Å²) in [6, 6.07) is 11.6. The maximum absolute atomic E-state index is 12.4. The molecule has 25 heavy (non-hydrogen) atoms. The van der Waals surface area contributed by atoms with Crippen LogP contribution in [0.3, 0.4) is 0 Å². The normalized spacial score (nSPS) is 10.4. The van der Waals surface area contributed by atoms with E-state index in [4.69, 9.17) is 9.47 Å². The van der Waals surface area contributed by atoms with E-state index in [9.17, 15) is 13.6 Å². The van der Waals surface area contributed by atoms with Crippen LogP contribution in [0.25, 0.3) is 0 Å². The van der Waals surface area contributed by atoms with E-state index in [1.807, 2.05) is 13.0 Å². The highest BCUT2D eigenvalue weighted by molar-refractivity contribution is 5.77. The van der Waals surface area contributed by atoms with Crippen LogP contribution < -0.4 is 19.5 Å². The molecule has 0 saturated carbocycles. The molecule has 7 heteroatoms. The lowest BCUT2D eigenvalue weighted by Gasteiger charge is -2.13. The highest BCUT2D eigenvalue weighted by atomic mass is 19.3. The SMILES string of the molecule is COc1cc(C)ccc1OCC(=O)NCc1ccccc1OC(F)F. The molecular formula is C18H19F2NO4. The van der Waals surface area contributed by atoms with Gasteiger partial charge in [-0.15, -0.1) is 0 Å². The van der Waals surface area contributed by atoms with Gasteiger partial charge in [0.25, 0.3) is 5.91 Å². The van der Waals surface area contributed by atoms with E-state index < -0.39 is 12.5 Å². The third-order valence-corrected chi connectivity index (χ3v) is 3.34. The number of carbonyl (C=O) groups is 1. The van der Waals surface area contributed by atoms with Gasteiger partial charge in [0.15, 0.2) is 18.1 Å². The highest BCUT2D eigenvalue weighted by Crippen LogP contribution is 2.27. The number of hydrogen-bond donors (Lipinski definition) is 1. The summed E-state index contributed by atoms with van der Waals surface area (Å²) in [6.07, 6.45) is 0. The van der Waals surface area contributed by atoms with Gasteiger partial charge in [-0.2, -0.15) is 8.78 Å². The van der Waals surface area contributed by atoms with Gasteiger partial charge in [0, 0.05) is 12.1 Å². The molecule has 0 saturated heterocycles. The van der Waals surface area contributed by atoms with Gasteiger partial charge in [0.2, 0.25) is 0 Å². The lowest BCUT2D eigenvalue weighted by Crippen LogP contribution is -2.28. The fourth-order valence-corrected chi connectivity index (χ4v) is 2.14. The van der Waals surface area contributed by atoms with Crippen LogP contribution in [0.1, 0.15) is 11.1 Å². The summed E-state index contributed by atoms with van der Waals surface area (Å²) in [7, 11) is 1.52. The topological polar surface area (TPSA) is 56.8 Å². The summed E-state index contributed by atoms with van der Waals surface area (Å²) in [6.45, 7) is -1.18. The first-order valence-electron chi connectivity index (χ1n) is 7.56. The first-order valence-corrected chi connectivity index (χ1v) is 7.56. The van der Waals surface area contributed by atoms with Gasteiger partial charge in [0.05, 0.1) is 7.11 Å². The molecule has 5 nitrogen and oxygen atoms in total. The number of halogens is 2. The molecular weight excluding hydrogens is 332 g/mol. The van der Waals surface area contributed by atoms with Crippen LogP contribution in [0.15, 0.2) is 42.5 Å². The zero-order chi connectivity index (χ0) is 18.2. The molecule has 1 amide bonds. The van der Waals surface area contributed by atoms with Gasteiger partial charge in [-0.05, 0) is 30.7 Å². The van der Waals surface area contributed by atoms with Crippen LogP contribution >= 0.6 is 0 Å². The van der Waals surface area contributed by atoms with E-state index in [2.05, 4.69) is 10.1 Å². The van der Waals surface area contributed by atoms with E-state index in [1.54, 1.807) is 30.3 Å². The standard InChI is InChI=1S/C18H19F2NO4/c1-12-7-8-15(16(9-12)23-2)24-11-17(22)21-10-13-5-3-4-6-14(13)25-18(19)20/h3-9,18H,10-11H2,1-2H3,(H,21,22). The maximum atomic E-state index is 12.4. The second-order valence-corrected chi connectivity index (χ2v) is 5.21. The van der Waals surface area contributed by atoms with Crippen LogP contribution in [0, 0.1) is 6.92 Å². The summed E-state index contributed by atoms with van der Waals surface area (Å²) < 4.78 is 39.8. The van der Waals surface area contributed by atoms with Crippen molar-refractivity contribution >= 4 is 5.91 Å². The van der Waals surface area contributed by atoms with Gasteiger partial charge in [0.1, 0.15) is 5.75 Å². The van der Waals surface area contributed by atoms with Crippen LogP contribution in [-0.2, 0) is 11.3 Å². The zero-order valence-corrected chi connectivity index (χ0v) is 13.9. The molecule has 0 atom stereocenters. The average Bonchev–Trinajstić information content (AvgIpc) is 2.59. The number of ether oxygens (including phenoxy) is 3. The molecule has 0 aliphatic carbocycles. The number of methoxy groups -OCH3 is 1. The highest BCUT2D eigenvalue weighted by Gasteiger charge is 2.11. The van der Waals surface area contributed by atoms with Crippen LogP contribution in [0.2, 0.25) is 0 Å². The van der Waals surface area contributed by atoms with Gasteiger partial charge in [-0.25, -0.2) is 0 Å². The Morgan fingerprint density at radius 1 is 1.12 bits per heavy atom. The molecule has 2 rings (SSSR count). The molecule has 0 fully saturated rings. The summed E-state index contributed by atoms with van der Waals surface area (Å²) in [5.41, 5.74) is 1.45. The molecule has 2 aromatic rings. The number of hydrogen-bond acceptors (Lipinski definition) is 4. The van der Waals surface area contributed by atoms with E-state index in [1.165, 1.54) is 13.2 Å². The first-order chi connectivity index (χ1) is 12.0. The predicted octanol–water partition coefficient (Wildman–Crippen LogP) is 3.30. The van der Waals surface area contributed by atoms with Crippen molar-refractivity contribution in [2.24, 2.45) is 0 Å². The quantitative estimate of drug-likeness (QED) is 0.793. The Balaban J connectivity index is 1.89. The molecule has 2 aromatic carbocycles. The summed E-state index contributed by atoms with van der Waals surface area (Å²) in [5.74, 6) is 0.613. The number of nitrogens with one attached hydrogen (secondary N) is 1. The van der Waals surface area contributed by atoms with Crippen LogP contribution in [-0.4, -0.2) is 26.2 Å². The van der Waals surface area contributed by atoms with Crippen LogP contribution in [0.4, 0.5) is 8.78 Å². The van der Waals surface area contributed by atoms with Crippen molar-refractivity contribution in [2.75, 3.05) is 13.7 Å². The van der Waals surface area contributed by atoms with E-state index in [0.717, 1.165) is 5.56 Å². The fourth-order valence-electron chi connectivity index (χ4n) is 2.14. The van der Waals surface area contributed by atoms with Gasteiger partial charge in [-0.3, -0.25) is 4.79 Å². The number of amides is 1. The van der Waals surface area contributed by atoms with E-state index >= 15 is 0 Å².